The molecule has 104 valence electrons. The van der Waals surface area contributed by atoms with Crippen LogP contribution in [0.5, 0.6) is 5.75 Å². The van der Waals surface area contributed by atoms with E-state index in [9.17, 15) is 9.59 Å². The van der Waals surface area contributed by atoms with E-state index in [2.05, 4.69) is 26.6 Å². The van der Waals surface area contributed by atoms with Crippen molar-refractivity contribution in [3.63, 3.8) is 0 Å². The number of hydrogen-bond donors (Lipinski definition) is 3. The maximum Gasteiger partial charge on any atom is 0.319 e. The maximum atomic E-state index is 11.7. The predicted molar refractivity (Wildman–Crippen MR) is 74.6 cm³/mol. The van der Waals surface area contributed by atoms with Crippen LogP contribution in [0.4, 0.5) is 10.5 Å². The Labute approximate surface area is 119 Å². The summed E-state index contributed by atoms with van der Waals surface area (Å²) in [5, 5.41) is 13.8. The first-order valence-electron chi connectivity index (χ1n) is 5.55. The average Bonchev–Trinajstić information content (AvgIpc) is 2.30. The molecule has 1 rings (SSSR count). The van der Waals surface area contributed by atoms with Crippen molar-refractivity contribution in [3.05, 3.63) is 22.7 Å². The van der Waals surface area contributed by atoms with Crippen molar-refractivity contribution >= 4 is 33.6 Å². The van der Waals surface area contributed by atoms with Crippen LogP contribution in [-0.2, 0) is 4.79 Å². The first kappa shape index (κ1) is 15.3. The summed E-state index contributed by atoms with van der Waals surface area (Å²) in [7, 11) is 1.53. The minimum Gasteiger partial charge on any atom is -0.497 e. The summed E-state index contributed by atoms with van der Waals surface area (Å²) in [6.45, 7) is 1.62. The number of carboxylic acids is 1. The number of urea groups is 1. The lowest BCUT2D eigenvalue weighted by atomic mass is 10.2. The number of aliphatic carboxylic acids is 1. The van der Waals surface area contributed by atoms with E-state index in [-0.39, 0.29) is 6.42 Å². The third-order valence-electron chi connectivity index (χ3n) is 2.28. The molecule has 7 heteroatoms. The van der Waals surface area contributed by atoms with Crippen LogP contribution in [0, 0.1) is 0 Å². The van der Waals surface area contributed by atoms with E-state index in [4.69, 9.17) is 9.84 Å². The smallest absolute Gasteiger partial charge is 0.319 e. The zero-order valence-electron chi connectivity index (χ0n) is 10.6. The fraction of sp³-hybridized carbons (Fsp3) is 0.333. The van der Waals surface area contributed by atoms with E-state index in [1.54, 1.807) is 25.1 Å². The Morgan fingerprint density at radius 3 is 2.74 bits per heavy atom. The van der Waals surface area contributed by atoms with Gasteiger partial charge in [0, 0.05) is 16.6 Å². The second kappa shape index (κ2) is 6.98. The number of ether oxygens (including phenoxy) is 1. The minimum absolute atomic E-state index is 0.132. The van der Waals surface area contributed by atoms with Gasteiger partial charge in [0.15, 0.2) is 0 Å². The molecule has 0 spiro atoms. The number of benzene rings is 1. The predicted octanol–water partition coefficient (Wildman–Crippen LogP) is 2.44. The summed E-state index contributed by atoms with van der Waals surface area (Å²) in [6, 6.07) is 4.23. The number of amides is 2. The molecule has 19 heavy (non-hydrogen) atoms. The third-order valence-corrected chi connectivity index (χ3v) is 2.97. The lowest BCUT2D eigenvalue weighted by Crippen LogP contribution is -2.37. The Balaban J connectivity index is 2.63. The van der Waals surface area contributed by atoms with Crippen LogP contribution < -0.4 is 15.4 Å². The van der Waals surface area contributed by atoms with Gasteiger partial charge in [-0.15, -0.1) is 0 Å². The molecule has 0 aromatic heterocycles. The zero-order chi connectivity index (χ0) is 14.4. The van der Waals surface area contributed by atoms with Crippen LogP contribution in [0.3, 0.4) is 0 Å². The number of nitrogens with one attached hydrogen (secondary N) is 2. The van der Waals surface area contributed by atoms with Crippen molar-refractivity contribution in [2.24, 2.45) is 0 Å². The summed E-state index contributed by atoms with van der Waals surface area (Å²) < 4.78 is 5.76. The minimum atomic E-state index is -0.963. The van der Waals surface area contributed by atoms with Gasteiger partial charge in [0.05, 0.1) is 19.2 Å². The molecule has 0 saturated carbocycles. The molecular formula is C12H15BrN2O4. The van der Waals surface area contributed by atoms with Gasteiger partial charge in [0.1, 0.15) is 5.75 Å². The quantitative estimate of drug-likeness (QED) is 0.773. The number of halogens is 1. The maximum absolute atomic E-state index is 11.7. The van der Waals surface area contributed by atoms with Crippen LogP contribution >= 0.6 is 15.9 Å². The molecule has 0 fully saturated rings. The molecule has 1 unspecified atom stereocenters. The second-order valence-corrected chi connectivity index (χ2v) is 4.80. The number of anilines is 1. The van der Waals surface area contributed by atoms with Crippen molar-refractivity contribution < 1.29 is 19.4 Å². The highest BCUT2D eigenvalue weighted by Gasteiger charge is 2.12. The van der Waals surface area contributed by atoms with E-state index in [0.717, 1.165) is 0 Å². The normalized spacial score (nSPS) is 11.5. The van der Waals surface area contributed by atoms with Gasteiger partial charge in [-0.2, -0.15) is 0 Å². The van der Waals surface area contributed by atoms with E-state index < -0.39 is 18.0 Å². The van der Waals surface area contributed by atoms with Crippen LogP contribution in [0.25, 0.3) is 0 Å². The van der Waals surface area contributed by atoms with Gasteiger partial charge in [-0.3, -0.25) is 4.79 Å². The van der Waals surface area contributed by atoms with Crippen molar-refractivity contribution in [1.82, 2.24) is 5.32 Å². The molecule has 0 aliphatic rings. The molecule has 2 amide bonds. The number of rotatable bonds is 5. The third kappa shape index (κ3) is 5.17. The Bertz CT molecular complexity index is 479. The van der Waals surface area contributed by atoms with Gasteiger partial charge in [0.25, 0.3) is 0 Å². The molecule has 0 bridgehead atoms. The lowest BCUT2D eigenvalue weighted by Gasteiger charge is -2.14. The Kier molecular flexibility index (Phi) is 5.62. The second-order valence-electron chi connectivity index (χ2n) is 3.94. The lowest BCUT2D eigenvalue weighted by molar-refractivity contribution is -0.137. The summed E-state index contributed by atoms with van der Waals surface area (Å²) >= 11 is 3.30. The highest BCUT2D eigenvalue weighted by atomic mass is 79.9. The number of carboxylic acid groups (broad SMARTS) is 1. The molecule has 1 aromatic rings. The molecule has 0 aliphatic heterocycles. The molecule has 6 nitrogen and oxygen atoms in total. The first-order chi connectivity index (χ1) is 8.92. The summed E-state index contributed by atoms with van der Waals surface area (Å²) in [6.07, 6.45) is -0.132. The van der Waals surface area contributed by atoms with Gasteiger partial charge in [0.2, 0.25) is 0 Å². The summed E-state index contributed by atoms with van der Waals surface area (Å²) in [5.74, 6) is -0.354. The van der Waals surface area contributed by atoms with Gasteiger partial charge in [-0.25, -0.2) is 4.79 Å². The molecule has 0 saturated heterocycles. The molecule has 0 heterocycles. The van der Waals surface area contributed by atoms with Crippen LogP contribution in [0.1, 0.15) is 13.3 Å². The fourth-order valence-corrected chi connectivity index (χ4v) is 1.77. The molecule has 1 atom stereocenters. The van der Waals surface area contributed by atoms with E-state index in [0.29, 0.717) is 15.9 Å². The topological polar surface area (TPSA) is 87.7 Å². The number of hydrogen-bond acceptors (Lipinski definition) is 3. The van der Waals surface area contributed by atoms with Crippen LogP contribution in [0.2, 0.25) is 0 Å². The monoisotopic (exact) mass is 330 g/mol. The van der Waals surface area contributed by atoms with Crippen LogP contribution in [-0.4, -0.2) is 30.3 Å². The van der Waals surface area contributed by atoms with E-state index in [1.165, 1.54) is 7.11 Å². The Morgan fingerprint density at radius 1 is 1.47 bits per heavy atom. The molecular weight excluding hydrogens is 316 g/mol. The van der Waals surface area contributed by atoms with Crippen molar-refractivity contribution in [2.45, 2.75) is 19.4 Å². The highest BCUT2D eigenvalue weighted by molar-refractivity contribution is 9.10. The van der Waals surface area contributed by atoms with Gasteiger partial charge in [-0.1, -0.05) is 0 Å². The summed E-state index contributed by atoms with van der Waals surface area (Å²) in [4.78, 5) is 22.2. The summed E-state index contributed by atoms with van der Waals surface area (Å²) in [5.41, 5.74) is 0.541. The highest BCUT2D eigenvalue weighted by Crippen LogP contribution is 2.26. The van der Waals surface area contributed by atoms with Crippen LogP contribution in [0.15, 0.2) is 22.7 Å². The van der Waals surface area contributed by atoms with E-state index >= 15 is 0 Å². The zero-order valence-corrected chi connectivity index (χ0v) is 12.2. The Morgan fingerprint density at radius 2 is 2.16 bits per heavy atom. The largest absolute Gasteiger partial charge is 0.497 e. The van der Waals surface area contributed by atoms with Gasteiger partial charge < -0.3 is 20.5 Å². The van der Waals surface area contributed by atoms with E-state index in [1.807, 2.05) is 0 Å². The molecule has 0 aliphatic carbocycles. The Hall–Kier alpha value is -1.76. The molecule has 3 N–H and O–H groups in total. The fourth-order valence-electron chi connectivity index (χ4n) is 1.42. The number of carbonyl (C=O) groups is 2. The standard InChI is InChI=1S/C12H15BrN2O4/c1-7(5-11(16)17)14-12(18)15-10-6-8(19-2)3-4-9(10)13/h3-4,6-7H,5H2,1-2H3,(H,16,17)(H2,14,15,18). The molecule has 0 radical (unpaired) electrons. The van der Waals surface area contributed by atoms with Gasteiger partial charge >= 0.3 is 12.0 Å². The SMILES string of the molecule is COc1ccc(Br)c(NC(=O)NC(C)CC(=O)O)c1. The first-order valence-corrected chi connectivity index (χ1v) is 6.34. The number of carbonyl (C=O) groups excluding carboxylic acids is 1. The van der Waals surface area contributed by atoms with Crippen molar-refractivity contribution in [3.8, 4) is 5.75 Å². The van der Waals surface area contributed by atoms with Crippen molar-refractivity contribution in [1.29, 1.82) is 0 Å². The number of methoxy groups -OCH3 is 1. The van der Waals surface area contributed by atoms with Crippen molar-refractivity contribution in [2.75, 3.05) is 12.4 Å². The molecule has 1 aromatic carbocycles. The average molecular weight is 331 g/mol. The van der Waals surface area contributed by atoms with Gasteiger partial charge in [-0.05, 0) is 35.0 Å².